The van der Waals surface area contributed by atoms with Gasteiger partial charge in [-0.1, -0.05) is 30.3 Å². The van der Waals surface area contributed by atoms with Crippen LogP contribution in [-0.4, -0.2) is 13.0 Å². The predicted octanol–water partition coefficient (Wildman–Crippen LogP) is 2.14. The van der Waals surface area contributed by atoms with Gasteiger partial charge in [0.25, 0.3) is 0 Å². The van der Waals surface area contributed by atoms with Crippen LogP contribution in [0.5, 0.6) is 0 Å². The number of hydrogen-bond acceptors (Lipinski definition) is 4. The first-order valence-corrected chi connectivity index (χ1v) is 5.56. The standard InChI is InChI=1S/C13H16N2O2/c1-15-17-13(16)8-7-12(9-10-14)11-5-3-2-4-6-11/h2-6,12,15H,7-9H2,1H3. The SMILES string of the molecule is CNOC(=O)CCC(CC#N)c1ccccc1. The van der Waals surface area contributed by atoms with Gasteiger partial charge in [-0.25, -0.2) is 0 Å². The van der Waals surface area contributed by atoms with Gasteiger partial charge in [0, 0.05) is 19.9 Å². The Bertz CT molecular complexity index is 384. The molecule has 0 aliphatic heterocycles. The van der Waals surface area contributed by atoms with Crippen LogP contribution < -0.4 is 5.48 Å². The Morgan fingerprint density at radius 2 is 2.18 bits per heavy atom. The minimum absolute atomic E-state index is 0.0885. The molecule has 4 heteroatoms. The molecule has 4 nitrogen and oxygen atoms in total. The Morgan fingerprint density at radius 1 is 1.47 bits per heavy atom. The van der Waals surface area contributed by atoms with Gasteiger partial charge < -0.3 is 4.84 Å². The van der Waals surface area contributed by atoms with E-state index in [0.717, 1.165) is 5.56 Å². The predicted molar refractivity (Wildman–Crippen MR) is 63.8 cm³/mol. The zero-order valence-corrected chi connectivity index (χ0v) is 9.85. The Balaban J connectivity index is 2.56. The molecule has 0 aromatic heterocycles. The molecule has 0 radical (unpaired) electrons. The van der Waals surface area contributed by atoms with Crippen LogP contribution in [0.1, 0.15) is 30.7 Å². The summed E-state index contributed by atoms with van der Waals surface area (Å²) in [6.45, 7) is 0. The van der Waals surface area contributed by atoms with Crippen LogP contribution >= 0.6 is 0 Å². The van der Waals surface area contributed by atoms with Crippen molar-refractivity contribution < 1.29 is 9.63 Å². The Hall–Kier alpha value is -1.86. The maximum Gasteiger partial charge on any atom is 0.324 e. The van der Waals surface area contributed by atoms with E-state index in [9.17, 15) is 4.79 Å². The van der Waals surface area contributed by atoms with E-state index >= 15 is 0 Å². The lowest BCUT2D eigenvalue weighted by molar-refractivity contribution is -0.150. The molecule has 0 fully saturated rings. The van der Waals surface area contributed by atoms with Crippen molar-refractivity contribution in [1.82, 2.24) is 5.48 Å². The molecule has 0 aliphatic rings. The smallest absolute Gasteiger partial charge is 0.324 e. The van der Waals surface area contributed by atoms with Crippen molar-refractivity contribution in [3.63, 3.8) is 0 Å². The number of hydrogen-bond donors (Lipinski definition) is 1. The Morgan fingerprint density at radius 3 is 2.76 bits per heavy atom. The van der Waals surface area contributed by atoms with Gasteiger partial charge in [0.1, 0.15) is 0 Å². The quantitative estimate of drug-likeness (QED) is 0.763. The fourth-order valence-corrected chi connectivity index (χ4v) is 1.68. The highest BCUT2D eigenvalue weighted by atomic mass is 16.7. The van der Waals surface area contributed by atoms with Crippen LogP contribution in [0.3, 0.4) is 0 Å². The fourth-order valence-electron chi connectivity index (χ4n) is 1.68. The lowest BCUT2D eigenvalue weighted by Crippen LogP contribution is -2.15. The van der Waals surface area contributed by atoms with Crippen LogP contribution in [-0.2, 0) is 9.63 Å². The first kappa shape index (κ1) is 13.2. The maximum atomic E-state index is 11.2. The number of carbonyl (C=O) groups is 1. The zero-order valence-electron chi connectivity index (χ0n) is 9.85. The summed E-state index contributed by atoms with van der Waals surface area (Å²) in [4.78, 5) is 15.8. The topological polar surface area (TPSA) is 62.1 Å². The summed E-state index contributed by atoms with van der Waals surface area (Å²) in [6.07, 6.45) is 1.34. The summed E-state index contributed by atoms with van der Waals surface area (Å²) in [5.74, 6) is -0.211. The number of rotatable bonds is 6. The molecular weight excluding hydrogens is 216 g/mol. The summed E-state index contributed by atoms with van der Waals surface area (Å²) in [5.41, 5.74) is 3.44. The van der Waals surface area contributed by atoms with Gasteiger partial charge in [-0.3, -0.25) is 4.79 Å². The second-order valence-electron chi connectivity index (χ2n) is 3.69. The number of benzene rings is 1. The van der Waals surface area contributed by atoms with Crippen LogP contribution in [0, 0.1) is 11.3 Å². The highest BCUT2D eigenvalue weighted by molar-refractivity contribution is 5.69. The van der Waals surface area contributed by atoms with Crippen molar-refractivity contribution in [1.29, 1.82) is 5.26 Å². The summed E-state index contributed by atoms with van der Waals surface area (Å²) >= 11 is 0. The summed E-state index contributed by atoms with van der Waals surface area (Å²) < 4.78 is 0. The number of carbonyl (C=O) groups excluding carboxylic acids is 1. The van der Waals surface area contributed by atoms with Crippen molar-refractivity contribution in [3.05, 3.63) is 35.9 Å². The third-order valence-corrected chi connectivity index (χ3v) is 2.52. The van der Waals surface area contributed by atoms with E-state index in [1.54, 1.807) is 7.05 Å². The number of hydroxylamine groups is 1. The van der Waals surface area contributed by atoms with Crippen LogP contribution in [0.4, 0.5) is 0 Å². The van der Waals surface area contributed by atoms with E-state index < -0.39 is 0 Å². The average Bonchev–Trinajstić information content (AvgIpc) is 2.36. The van der Waals surface area contributed by atoms with Crippen LogP contribution in [0.25, 0.3) is 0 Å². The van der Waals surface area contributed by atoms with E-state index in [2.05, 4.69) is 16.4 Å². The second-order valence-corrected chi connectivity index (χ2v) is 3.69. The zero-order chi connectivity index (χ0) is 12.5. The molecule has 0 saturated heterocycles. The minimum Gasteiger partial charge on any atom is -0.371 e. The number of nitrogens with zero attached hydrogens (tertiary/aromatic N) is 1. The molecule has 1 aromatic carbocycles. The highest BCUT2D eigenvalue weighted by Gasteiger charge is 2.13. The maximum absolute atomic E-state index is 11.2. The monoisotopic (exact) mass is 232 g/mol. The first-order chi connectivity index (χ1) is 8.27. The minimum atomic E-state index is -0.300. The Kier molecular flexibility index (Phi) is 5.76. The fraction of sp³-hybridized carbons (Fsp3) is 0.385. The van der Waals surface area contributed by atoms with Gasteiger partial charge in [-0.05, 0) is 17.9 Å². The summed E-state index contributed by atoms with van der Waals surface area (Å²) in [5, 5.41) is 8.79. The Labute approximate surface area is 101 Å². The highest BCUT2D eigenvalue weighted by Crippen LogP contribution is 2.24. The molecule has 90 valence electrons. The van der Waals surface area contributed by atoms with E-state index in [1.165, 1.54) is 0 Å². The normalized spacial score (nSPS) is 11.5. The molecule has 1 aromatic rings. The molecule has 1 atom stereocenters. The molecule has 0 aliphatic carbocycles. The molecule has 0 heterocycles. The molecule has 0 saturated carbocycles. The molecule has 0 spiro atoms. The lowest BCUT2D eigenvalue weighted by atomic mass is 9.92. The molecule has 0 bridgehead atoms. The van der Waals surface area contributed by atoms with E-state index in [0.29, 0.717) is 19.3 Å². The van der Waals surface area contributed by atoms with Crippen LogP contribution in [0.2, 0.25) is 0 Å². The second kappa shape index (κ2) is 7.42. The molecular formula is C13H16N2O2. The van der Waals surface area contributed by atoms with Gasteiger partial charge in [-0.2, -0.15) is 10.7 Å². The first-order valence-electron chi connectivity index (χ1n) is 5.56. The average molecular weight is 232 g/mol. The largest absolute Gasteiger partial charge is 0.371 e. The summed E-state index contributed by atoms with van der Waals surface area (Å²) in [7, 11) is 1.54. The molecule has 1 unspecified atom stereocenters. The molecule has 1 N–H and O–H groups in total. The lowest BCUT2D eigenvalue weighted by Gasteiger charge is -2.13. The van der Waals surface area contributed by atoms with E-state index in [4.69, 9.17) is 5.26 Å². The molecule has 17 heavy (non-hydrogen) atoms. The van der Waals surface area contributed by atoms with Crippen molar-refractivity contribution >= 4 is 5.97 Å². The van der Waals surface area contributed by atoms with Crippen molar-refractivity contribution in [3.8, 4) is 6.07 Å². The van der Waals surface area contributed by atoms with Gasteiger partial charge in [0.15, 0.2) is 0 Å². The third-order valence-electron chi connectivity index (χ3n) is 2.52. The van der Waals surface area contributed by atoms with E-state index in [-0.39, 0.29) is 11.9 Å². The van der Waals surface area contributed by atoms with E-state index in [1.807, 2.05) is 30.3 Å². The van der Waals surface area contributed by atoms with Crippen molar-refractivity contribution in [2.45, 2.75) is 25.2 Å². The van der Waals surface area contributed by atoms with Crippen molar-refractivity contribution in [2.75, 3.05) is 7.05 Å². The summed E-state index contributed by atoms with van der Waals surface area (Å²) in [6, 6.07) is 11.9. The number of nitrogens with one attached hydrogen (secondary N) is 1. The van der Waals surface area contributed by atoms with Gasteiger partial charge >= 0.3 is 5.97 Å². The van der Waals surface area contributed by atoms with Crippen LogP contribution in [0.15, 0.2) is 30.3 Å². The van der Waals surface area contributed by atoms with Gasteiger partial charge in [0.05, 0.1) is 6.07 Å². The number of nitriles is 1. The molecule has 1 rings (SSSR count). The molecule has 0 amide bonds. The van der Waals surface area contributed by atoms with Gasteiger partial charge in [0.2, 0.25) is 0 Å². The third kappa shape index (κ3) is 4.66. The van der Waals surface area contributed by atoms with Crippen molar-refractivity contribution in [2.24, 2.45) is 0 Å². The van der Waals surface area contributed by atoms with Gasteiger partial charge in [-0.15, -0.1) is 0 Å².